The summed E-state index contributed by atoms with van der Waals surface area (Å²) in [5, 5.41) is 6.28. The van der Waals surface area contributed by atoms with Crippen LogP contribution in [0.3, 0.4) is 0 Å². The number of nitrogens with one attached hydrogen (secondary N) is 2. The lowest BCUT2D eigenvalue weighted by molar-refractivity contribution is -0.153. The fourth-order valence-corrected chi connectivity index (χ4v) is 3.52. The van der Waals surface area contributed by atoms with Gasteiger partial charge >= 0.3 is 12.1 Å². The Labute approximate surface area is 182 Å². The van der Waals surface area contributed by atoms with Gasteiger partial charge in [0.25, 0.3) is 0 Å². The van der Waals surface area contributed by atoms with Gasteiger partial charge < -0.3 is 14.8 Å². The molecule has 0 heterocycles. The lowest BCUT2D eigenvalue weighted by Crippen LogP contribution is -2.31. The number of carbonyl (C=O) groups excluding carboxylic acids is 2. The molecule has 0 fully saturated rings. The van der Waals surface area contributed by atoms with Gasteiger partial charge in [-0.1, -0.05) is 32.0 Å². The first kappa shape index (κ1) is 23.8. The molecule has 0 unspecified atom stereocenters. The van der Waals surface area contributed by atoms with E-state index in [1.807, 2.05) is 45.0 Å². The molecular formula is C23H30N2O4S. The van der Waals surface area contributed by atoms with Gasteiger partial charge in [0.05, 0.1) is 6.54 Å². The molecule has 0 aliphatic carbocycles. The van der Waals surface area contributed by atoms with E-state index >= 15 is 0 Å². The summed E-state index contributed by atoms with van der Waals surface area (Å²) < 4.78 is 10.6. The van der Waals surface area contributed by atoms with Gasteiger partial charge in [-0.3, -0.25) is 10.1 Å². The van der Waals surface area contributed by atoms with Crippen molar-refractivity contribution in [3.8, 4) is 5.75 Å². The minimum absolute atomic E-state index is 0.108. The Kier molecular flexibility index (Phi) is 8.74. The zero-order valence-electron chi connectivity index (χ0n) is 18.2. The molecule has 0 saturated heterocycles. The van der Waals surface area contributed by atoms with Crippen molar-refractivity contribution in [2.45, 2.75) is 56.9 Å². The van der Waals surface area contributed by atoms with Gasteiger partial charge in [0.15, 0.2) is 0 Å². The molecule has 0 atom stereocenters. The van der Waals surface area contributed by atoms with Gasteiger partial charge in [0.2, 0.25) is 0 Å². The Balaban J connectivity index is 2.02. The van der Waals surface area contributed by atoms with Crippen molar-refractivity contribution in [2.24, 2.45) is 0 Å². The van der Waals surface area contributed by atoms with Crippen LogP contribution in [0.25, 0.3) is 0 Å². The summed E-state index contributed by atoms with van der Waals surface area (Å²) in [4.78, 5) is 25.2. The van der Waals surface area contributed by atoms with E-state index in [0.29, 0.717) is 23.2 Å². The summed E-state index contributed by atoms with van der Waals surface area (Å²) in [5.74, 6) is 0.169. The van der Waals surface area contributed by atoms with Gasteiger partial charge in [-0.25, -0.2) is 4.79 Å². The Morgan fingerprint density at radius 2 is 1.77 bits per heavy atom. The first-order chi connectivity index (χ1) is 14.1. The van der Waals surface area contributed by atoms with Crippen molar-refractivity contribution in [3.63, 3.8) is 0 Å². The molecule has 0 spiro atoms. The van der Waals surface area contributed by atoms with Crippen LogP contribution in [0.1, 0.15) is 40.2 Å². The topological polar surface area (TPSA) is 76.7 Å². The number of rotatable bonds is 8. The Hall–Kier alpha value is -2.51. The molecule has 1 amide bonds. The quantitative estimate of drug-likeness (QED) is 0.441. The van der Waals surface area contributed by atoms with E-state index in [9.17, 15) is 9.59 Å². The van der Waals surface area contributed by atoms with E-state index in [2.05, 4.69) is 24.5 Å². The molecule has 2 aromatic rings. The average Bonchev–Trinajstić information content (AvgIpc) is 2.62. The largest absolute Gasteiger partial charge is 0.459 e. The summed E-state index contributed by atoms with van der Waals surface area (Å²) in [5.41, 5.74) is 1.09. The third-order valence-corrected chi connectivity index (χ3v) is 4.75. The maximum Gasteiger partial charge on any atom is 0.417 e. The van der Waals surface area contributed by atoms with Crippen LogP contribution in [0, 0.1) is 0 Å². The zero-order chi connectivity index (χ0) is 22.1. The van der Waals surface area contributed by atoms with Crippen molar-refractivity contribution in [1.29, 1.82) is 0 Å². The summed E-state index contributed by atoms with van der Waals surface area (Å²) in [7, 11) is 0. The molecule has 2 rings (SSSR count). The molecule has 7 heteroatoms. The number of ether oxygens (including phenoxy) is 2. The third kappa shape index (κ3) is 8.88. The summed E-state index contributed by atoms with van der Waals surface area (Å²) in [6.07, 6.45) is -0.557. The van der Waals surface area contributed by atoms with Crippen LogP contribution in [-0.4, -0.2) is 29.5 Å². The van der Waals surface area contributed by atoms with E-state index in [-0.39, 0.29) is 12.5 Å². The highest BCUT2D eigenvalue weighted by atomic mass is 32.2. The van der Waals surface area contributed by atoms with E-state index < -0.39 is 11.7 Å². The molecule has 0 aliphatic rings. The average molecular weight is 431 g/mol. The Bertz CT molecular complexity index is 848. The molecule has 162 valence electrons. The van der Waals surface area contributed by atoms with Crippen molar-refractivity contribution < 1.29 is 19.1 Å². The van der Waals surface area contributed by atoms with Crippen LogP contribution in [0.2, 0.25) is 0 Å². The van der Waals surface area contributed by atoms with Gasteiger partial charge in [-0.05, 0) is 56.7 Å². The molecule has 0 radical (unpaired) electrons. The van der Waals surface area contributed by atoms with Crippen LogP contribution in [0.5, 0.6) is 5.75 Å². The number of hydrogen-bond donors (Lipinski definition) is 2. The zero-order valence-corrected chi connectivity index (χ0v) is 19.0. The Morgan fingerprint density at radius 1 is 1.07 bits per heavy atom. The molecular weight excluding hydrogens is 400 g/mol. The SMILES string of the molecule is CC(C)Sc1ccc(NC(=O)Oc2ccccc2)cc1CNCC(=O)OC(C)(C)C. The van der Waals surface area contributed by atoms with E-state index in [1.165, 1.54) is 0 Å². The first-order valence-corrected chi connectivity index (χ1v) is 10.8. The number of anilines is 1. The van der Waals surface area contributed by atoms with Crippen LogP contribution in [0.4, 0.5) is 10.5 Å². The van der Waals surface area contributed by atoms with Gasteiger partial charge in [0.1, 0.15) is 11.4 Å². The maximum absolute atomic E-state index is 12.2. The standard InChI is InChI=1S/C23H30N2O4S/c1-16(2)30-20-12-11-18(25-22(27)28-19-9-7-6-8-10-19)13-17(20)14-24-15-21(26)29-23(3,4)5/h6-13,16,24H,14-15H2,1-5H3,(H,25,27). The fraction of sp³-hybridized carbons (Fsp3) is 0.391. The predicted octanol–water partition coefficient (Wildman–Crippen LogP) is 5.23. The highest BCUT2D eigenvalue weighted by Gasteiger charge is 2.16. The van der Waals surface area contributed by atoms with Crippen molar-refractivity contribution in [3.05, 3.63) is 54.1 Å². The second-order valence-corrected chi connectivity index (χ2v) is 9.63. The second-order valence-electron chi connectivity index (χ2n) is 8.01. The summed E-state index contributed by atoms with van der Waals surface area (Å²) in [6.45, 7) is 10.3. The predicted molar refractivity (Wildman–Crippen MR) is 121 cm³/mol. The maximum atomic E-state index is 12.2. The van der Waals surface area contributed by atoms with Gasteiger partial charge in [-0.2, -0.15) is 0 Å². The molecule has 0 saturated carbocycles. The van der Waals surface area contributed by atoms with E-state index in [1.54, 1.807) is 36.0 Å². The lowest BCUT2D eigenvalue weighted by Gasteiger charge is -2.20. The van der Waals surface area contributed by atoms with Crippen molar-refractivity contribution in [2.75, 3.05) is 11.9 Å². The highest BCUT2D eigenvalue weighted by molar-refractivity contribution is 8.00. The smallest absolute Gasteiger partial charge is 0.417 e. The summed E-state index contributed by atoms with van der Waals surface area (Å²) >= 11 is 1.72. The first-order valence-electron chi connectivity index (χ1n) is 9.88. The van der Waals surface area contributed by atoms with E-state index in [0.717, 1.165) is 10.5 Å². The molecule has 30 heavy (non-hydrogen) atoms. The van der Waals surface area contributed by atoms with Crippen LogP contribution < -0.4 is 15.4 Å². The number of amides is 1. The summed E-state index contributed by atoms with van der Waals surface area (Å²) in [6, 6.07) is 14.6. The monoisotopic (exact) mass is 430 g/mol. The number of thioether (sulfide) groups is 1. The number of benzene rings is 2. The third-order valence-electron chi connectivity index (χ3n) is 3.63. The number of para-hydroxylation sites is 1. The second kappa shape index (κ2) is 11.0. The van der Waals surface area contributed by atoms with Crippen LogP contribution in [0.15, 0.2) is 53.4 Å². The minimum atomic E-state index is -0.557. The minimum Gasteiger partial charge on any atom is -0.459 e. The Morgan fingerprint density at radius 3 is 2.40 bits per heavy atom. The fourth-order valence-electron chi connectivity index (χ4n) is 2.58. The van der Waals surface area contributed by atoms with Crippen molar-refractivity contribution in [1.82, 2.24) is 5.32 Å². The molecule has 6 nitrogen and oxygen atoms in total. The lowest BCUT2D eigenvalue weighted by atomic mass is 10.2. The number of esters is 1. The van der Waals surface area contributed by atoms with Crippen LogP contribution in [-0.2, 0) is 16.1 Å². The van der Waals surface area contributed by atoms with Gasteiger partial charge in [-0.15, -0.1) is 11.8 Å². The number of carbonyl (C=O) groups is 2. The van der Waals surface area contributed by atoms with Gasteiger partial charge in [0, 0.05) is 22.4 Å². The molecule has 0 aliphatic heterocycles. The molecule has 0 aromatic heterocycles. The molecule has 2 aromatic carbocycles. The van der Waals surface area contributed by atoms with E-state index in [4.69, 9.17) is 9.47 Å². The van der Waals surface area contributed by atoms with Crippen LogP contribution >= 0.6 is 11.8 Å². The van der Waals surface area contributed by atoms with Crippen molar-refractivity contribution >= 4 is 29.5 Å². The number of hydrogen-bond acceptors (Lipinski definition) is 6. The highest BCUT2D eigenvalue weighted by Crippen LogP contribution is 2.29. The normalized spacial score (nSPS) is 11.3. The molecule has 2 N–H and O–H groups in total. The molecule has 0 bridgehead atoms.